The largest absolute Gasteiger partial charge is 1.00 e. The average Bonchev–Trinajstić information content (AvgIpc) is 3.04. The molecule has 5 nitrogen and oxygen atoms in total. The molecule has 0 bridgehead atoms. The predicted octanol–water partition coefficient (Wildman–Crippen LogP) is 2.85. The third-order valence-electron chi connectivity index (χ3n) is 5.29. The molecule has 0 amide bonds. The van der Waals surface area contributed by atoms with E-state index in [1.54, 1.807) is 12.1 Å². The summed E-state index contributed by atoms with van der Waals surface area (Å²) in [5.74, 6) is 0. The van der Waals surface area contributed by atoms with Gasteiger partial charge >= 0.3 is 51.4 Å². The van der Waals surface area contributed by atoms with Crippen LogP contribution in [0.15, 0.2) is 23.1 Å². The fourth-order valence-corrected chi connectivity index (χ4v) is 4.40. The Kier molecular flexibility index (Phi) is 13.6. The first-order valence-corrected chi connectivity index (χ1v) is 12.0. The Balaban J connectivity index is 0.00000392. The van der Waals surface area contributed by atoms with Crippen molar-refractivity contribution in [1.82, 2.24) is 0 Å². The number of anilines is 2. The molecule has 7 heteroatoms. The number of hydrogen-bond acceptors (Lipinski definition) is 5. The minimum absolute atomic E-state index is 0. The maximum Gasteiger partial charge on any atom is 1.00 e. The van der Waals surface area contributed by atoms with Crippen LogP contribution in [0.25, 0.3) is 0 Å². The van der Waals surface area contributed by atoms with Gasteiger partial charge in [-0.2, -0.15) is 0 Å². The molecule has 1 aromatic carbocycles. The summed E-state index contributed by atoms with van der Waals surface area (Å²) in [4.78, 5) is -0.162. The van der Waals surface area contributed by atoms with Gasteiger partial charge in [-0.05, 0) is 25.0 Å². The molecule has 1 heterocycles. The average molecular weight is 435 g/mol. The Labute approximate surface area is 214 Å². The predicted molar refractivity (Wildman–Crippen MR) is 111 cm³/mol. The molecule has 0 spiro atoms. The smallest absolute Gasteiger partial charge is 0.744 e. The third-order valence-corrected chi connectivity index (χ3v) is 6.17. The molecule has 1 aromatic rings. The molecule has 1 aliphatic rings. The van der Waals surface area contributed by atoms with Crippen molar-refractivity contribution in [2.75, 3.05) is 10.6 Å². The Morgan fingerprint density at radius 2 is 1.39 bits per heavy atom. The number of nitrogens with one attached hydrogen (secondary N) is 2. The summed E-state index contributed by atoms with van der Waals surface area (Å²) in [6.45, 7) is 2.26. The summed E-state index contributed by atoms with van der Waals surface area (Å²) in [5.41, 5.74) is 1.13. The van der Waals surface area contributed by atoms with Crippen molar-refractivity contribution in [2.45, 2.75) is 101 Å². The van der Waals surface area contributed by atoms with Gasteiger partial charge < -0.3 is 15.2 Å². The van der Waals surface area contributed by atoms with E-state index in [1.807, 2.05) is 0 Å². The van der Waals surface area contributed by atoms with Gasteiger partial charge in [0.25, 0.3) is 0 Å². The summed E-state index contributed by atoms with van der Waals surface area (Å²) in [6, 6.07) is 4.77. The molecule has 0 saturated carbocycles. The van der Waals surface area contributed by atoms with Crippen molar-refractivity contribution in [2.24, 2.45) is 0 Å². The number of para-hydroxylation sites is 1. The van der Waals surface area contributed by atoms with Crippen molar-refractivity contribution in [3.8, 4) is 0 Å². The Hall–Kier alpha value is 0.366. The molecule has 1 atom stereocenters. The number of benzene rings is 1. The van der Waals surface area contributed by atoms with Crippen LogP contribution >= 0.6 is 0 Å². The molecule has 0 radical (unpaired) electrons. The molecule has 0 fully saturated rings. The Bertz CT molecular complexity index is 668. The molecule has 154 valence electrons. The first-order valence-electron chi connectivity index (χ1n) is 10.6. The van der Waals surface area contributed by atoms with E-state index in [9.17, 15) is 13.0 Å². The van der Waals surface area contributed by atoms with Gasteiger partial charge in [-0.15, -0.1) is 0 Å². The van der Waals surface area contributed by atoms with Gasteiger partial charge in [-0.3, -0.25) is 0 Å². The molecule has 1 unspecified atom stereocenters. The minimum Gasteiger partial charge on any atom is -0.744 e. The molecule has 2 N–H and O–H groups in total. The second kappa shape index (κ2) is 14.4. The van der Waals surface area contributed by atoms with Crippen LogP contribution in [0.1, 0.15) is 90.4 Å². The van der Waals surface area contributed by atoms with Gasteiger partial charge in [0.05, 0.1) is 22.4 Å². The van der Waals surface area contributed by atoms with Crippen molar-refractivity contribution < 1.29 is 64.4 Å². The van der Waals surface area contributed by atoms with Gasteiger partial charge in [-0.1, -0.05) is 83.6 Å². The van der Waals surface area contributed by atoms with E-state index >= 15 is 0 Å². The molecule has 0 aliphatic carbocycles. The van der Waals surface area contributed by atoms with Crippen LogP contribution in [0, 0.1) is 0 Å². The molecular weight excluding hydrogens is 399 g/mol. The fraction of sp³-hybridized carbons (Fsp3) is 0.714. The van der Waals surface area contributed by atoms with E-state index in [2.05, 4.69) is 17.6 Å². The van der Waals surface area contributed by atoms with Crippen LogP contribution in [0.4, 0.5) is 11.4 Å². The van der Waals surface area contributed by atoms with Gasteiger partial charge in [-0.25, -0.2) is 8.42 Å². The van der Waals surface area contributed by atoms with Gasteiger partial charge in [0.1, 0.15) is 10.1 Å². The fourth-order valence-electron chi connectivity index (χ4n) is 3.74. The standard InChI is InChI=1S/C21H36N2O3S.K/c1-2-3-4-5-6-7-8-9-10-11-12-13-17-20-22-18-15-14-16-19(21(18)23-20)27(24,25)26;/h14-16,20,22-23H,2-13,17H2,1H3,(H,24,25,26);/q;+1/p-1. The number of fused-ring (bicyclic) bond motifs is 1. The monoisotopic (exact) mass is 434 g/mol. The number of hydrogen-bond donors (Lipinski definition) is 2. The zero-order valence-electron chi connectivity index (χ0n) is 17.6. The van der Waals surface area contributed by atoms with Crippen LogP contribution in [-0.2, 0) is 10.1 Å². The molecule has 1 aliphatic heterocycles. The molecule has 0 aromatic heterocycles. The zero-order valence-corrected chi connectivity index (χ0v) is 21.6. The zero-order chi connectivity index (χ0) is 19.5. The van der Waals surface area contributed by atoms with Gasteiger partial charge in [0.2, 0.25) is 0 Å². The third kappa shape index (κ3) is 9.45. The van der Waals surface area contributed by atoms with E-state index in [1.165, 1.54) is 76.7 Å². The second-order valence-corrected chi connectivity index (χ2v) is 9.00. The number of unbranched alkanes of at least 4 members (excludes halogenated alkanes) is 11. The van der Waals surface area contributed by atoms with Crippen LogP contribution in [0.5, 0.6) is 0 Å². The van der Waals surface area contributed by atoms with Crippen LogP contribution in [0.3, 0.4) is 0 Å². The molecule has 28 heavy (non-hydrogen) atoms. The van der Waals surface area contributed by atoms with E-state index < -0.39 is 10.1 Å². The van der Waals surface area contributed by atoms with Crippen LogP contribution < -0.4 is 62.0 Å². The van der Waals surface area contributed by atoms with Crippen LogP contribution in [-0.4, -0.2) is 19.1 Å². The van der Waals surface area contributed by atoms with E-state index in [-0.39, 0.29) is 62.4 Å². The Morgan fingerprint density at radius 3 is 1.93 bits per heavy atom. The Morgan fingerprint density at radius 1 is 0.857 bits per heavy atom. The summed E-state index contributed by atoms with van der Waals surface area (Å²) in [7, 11) is -4.45. The second-order valence-electron chi connectivity index (χ2n) is 7.65. The van der Waals surface area contributed by atoms with E-state index in [0.717, 1.165) is 12.8 Å². The van der Waals surface area contributed by atoms with Crippen molar-refractivity contribution in [1.29, 1.82) is 0 Å². The summed E-state index contributed by atoms with van der Waals surface area (Å²) in [5, 5.41) is 6.43. The normalized spacial score (nSPS) is 15.4. The van der Waals surface area contributed by atoms with E-state index in [0.29, 0.717) is 11.4 Å². The van der Waals surface area contributed by atoms with Crippen molar-refractivity contribution >= 4 is 21.5 Å². The SMILES string of the molecule is CCCCCCCCCCCCCCC1Nc2cccc(S(=O)(=O)[O-])c2N1.[K+]. The molecular formula is C21H35KN2O3S. The van der Waals surface area contributed by atoms with Crippen molar-refractivity contribution in [3.63, 3.8) is 0 Å². The topological polar surface area (TPSA) is 81.3 Å². The first kappa shape index (κ1) is 26.4. The maximum absolute atomic E-state index is 11.3. The van der Waals surface area contributed by atoms with Crippen LogP contribution in [0.2, 0.25) is 0 Å². The number of rotatable bonds is 14. The summed E-state index contributed by atoms with van der Waals surface area (Å²) in [6.07, 6.45) is 16.7. The molecule has 0 saturated heterocycles. The maximum atomic E-state index is 11.3. The summed E-state index contributed by atoms with van der Waals surface area (Å²) < 4.78 is 34.0. The van der Waals surface area contributed by atoms with Gasteiger partial charge in [0, 0.05) is 0 Å². The minimum atomic E-state index is -4.45. The van der Waals surface area contributed by atoms with Crippen molar-refractivity contribution in [3.05, 3.63) is 18.2 Å². The van der Waals surface area contributed by atoms with E-state index in [4.69, 9.17) is 0 Å². The molecule has 2 rings (SSSR count). The quantitative estimate of drug-likeness (QED) is 0.267. The first-order chi connectivity index (χ1) is 13.0. The van der Waals surface area contributed by atoms with Gasteiger partial charge in [0.15, 0.2) is 0 Å². The summed E-state index contributed by atoms with van der Waals surface area (Å²) >= 11 is 0.